The molecule has 21 heavy (non-hydrogen) atoms. The van der Waals surface area contributed by atoms with Crippen molar-refractivity contribution in [1.29, 1.82) is 0 Å². The molecule has 1 aliphatic rings. The van der Waals surface area contributed by atoms with Gasteiger partial charge in [-0.1, -0.05) is 36.4 Å². The highest BCUT2D eigenvalue weighted by molar-refractivity contribution is 5.97. The van der Waals surface area contributed by atoms with Crippen LogP contribution < -0.4 is 10.1 Å². The second kappa shape index (κ2) is 6.00. The number of anilines is 1. The Morgan fingerprint density at radius 3 is 2.76 bits per heavy atom. The SMILES string of the molecule is COc1ccccc1NC(=O)[C@H]1CCCc2ccccc21. The number of para-hydroxylation sites is 2. The molecule has 0 radical (unpaired) electrons. The smallest absolute Gasteiger partial charge is 0.232 e. The van der Waals surface area contributed by atoms with Gasteiger partial charge in [-0.15, -0.1) is 0 Å². The second-order valence-electron chi connectivity index (χ2n) is 5.33. The fourth-order valence-corrected chi connectivity index (χ4v) is 2.99. The zero-order valence-corrected chi connectivity index (χ0v) is 12.1. The molecule has 0 aliphatic heterocycles. The number of hydrogen-bond donors (Lipinski definition) is 1. The minimum Gasteiger partial charge on any atom is -0.495 e. The summed E-state index contributed by atoms with van der Waals surface area (Å²) in [6.07, 6.45) is 3.02. The van der Waals surface area contributed by atoms with Crippen molar-refractivity contribution < 1.29 is 9.53 Å². The van der Waals surface area contributed by atoms with E-state index in [0.29, 0.717) is 5.75 Å². The van der Waals surface area contributed by atoms with Crippen LogP contribution in [-0.2, 0) is 11.2 Å². The number of benzene rings is 2. The van der Waals surface area contributed by atoms with Crippen molar-refractivity contribution in [3.8, 4) is 5.75 Å². The average molecular weight is 281 g/mol. The number of fused-ring (bicyclic) bond motifs is 1. The van der Waals surface area contributed by atoms with Crippen molar-refractivity contribution in [1.82, 2.24) is 0 Å². The molecule has 0 saturated heterocycles. The van der Waals surface area contributed by atoms with E-state index in [0.717, 1.165) is 30.5 Å². The normalized spacial score (nSPS) is 16.9. The molecule has 3 nitrogen and oxygen atoms in total. The van der Waals surface area contributed by atoms with Gasteiger partial charge in [0.25, 0.3) is 0 Å². The highest BCUT2D eigenvalue weighted by Crippen LogP contribution is 2.33. The number of nitrogens with one attached hydrogen (secondary N) is 1. The van der Waals surface area contributed by atoms with Gasteiger partial charge in [-0.2, -0.15) is 0 Å². The maximum absolute atomic E-state index is 12.6. The van der Waals surface area contributed by atoms with E-state index in [-0.39, 0.29) is 11.8 Å². The Morgan fingerprint density at radius 2 is 1.90 bits per heavy atom. The van der Waals surface area contributed by atoms with Crippen LogP contribution in [0.5, 0.6) is 5.75 Å². The summed E-state index contributed by atoms with van der Waals surface area (Å²) in [6.45, 7) is 0. The Hall–Kier alpha value is -2.29. The predicted molar refractivity (Wildman–Crippen MR) is 83.7 cm³/mol. The van der Waals surface area contributed by atoms with Crippen LogP contribution in [-0.4, -0.2) is 13.0 Å². The minimum absolute atomic E-state index is 0.0478. The summed E-state index contributed by atoms with van der Waals surface area (Å²) in [5, 5.41) is 3.01. The molecule has 0 fully saturated rings. The molecule has 2 aromatic carbocycles. The first-order valence-electron chi connectivity index (χ1n) is 7.31. The lowest BCUT2D eigenvalue weighted by atomic mass is 9.82. The van der Waals surface area contributed by atoms with E-state index >= 15 is 0 Å². The summed E-state index contributed by atoms with van der Waals surface area (Å²) in [5.41, 5.74) is 3.19. The van der Waals surface area contributed by atoms with Crippen molar-refractivity contribution in [2.75, 3.05) is 12.4 Å². The average Bonchev–Trinajstić information content (AvgIpc) is 2.54. The van der Waals surface area contributed by atoms with Gasteiger partial charge in [0, 0.05) is 0 Å². The molecule has 1 atom stereocenters. The molecule has 0 spiro atoms. The standard InChI is InChI=1S/C18H19NO2/c1-21-17-12-5-4-11-16(17)19-18(20)15-10-6-8-13-7-2-3-9-14(13)15/h2-5,7,9,11-12,15H,6,8,10H2,1H3,(H,19,20)/t15-/m0/s1. The molecule has 3 rings (SSSR count). The van der Waals surface area contributed by atoms with Gasteiger partial charge in [0.15, 0.2) is 0 Å². The lowest BCUT2D eigenvalue weighted by Crippen LogP contribution is -2.24. The van der Waals surface area contributed by atoms with Crippen LogP contribution in [0, 0.1) is 0 Å². The first kappa shape index (κ1) is 13.7. The van der Waals surface area contributed by atoms with E-state index in [2.05, 4.69) is 17.4 Å². The third-order valence-corrected chi connectivity index (χ3v) is 4.05. The Balaban J connectivity index is 1.84. The molecule has 0 heterocycles. The van der Waals surface area contributed by atoms with Gasteiger partial charge >= 0.3 is 0 Å². The van der Waals surface area contributed by atoms with Gasteiger partial charge in [-0.3, -0.25) is 4.79 Å². The Labute approximate surface area is 124 Å². The molecule has 0 unspecified atom stereocenters. The van der Waals surface area contributed by atoms with Crippen LogP contribution in [0.1, 0.15) is 29.9 Å². The summed E-state index contributed by atoms with van der Waals surface area (Å²) in [7, 11) is 1.61. The summed E-state index contributed by atoms with van der Waals surface area (Å²) in [6, 6.07) is 15.7. The van der Waals surface area contributed by atoms with Crippen molar-refractivity contribution in [3.63, 3.8) is 0 Å². The van der Waals surface area contributed by atoms with Crippen LogP contribution in [0.4, 0.5) is 5.69 Å². The molecule has 1 aliphatic carbocycles. The first-order valence-corrected chi connectivity index (χ1v) is 7.31. The van der Waals surface area contributed by atoms with Gasteiger partial charge in [0.2, 0.25) is 5.91 Å². The molecular formula is C18H19NO2. The largest absolute Gasteiger partial charge is 0.495 e. The van der Waals surface area contributed by atoms with Crippen LogP contribution in [0.2, 0.25) is 0 Å². The van der Waals surface area contributed by atoms with Crippen LogP contribution in [0.15, 0.2) is 48.5 Å². The molecule has 1 N–H and O–H groups in total. The number of ether oxygens (including phenoxy) is 1. The topological polar surface area (TPSA) is 38.3 Å². The molecule has 0 saturated carbocycles. The van der Waals surface area contributed by atoms with Crippen molar-refractivity contribution in [3.05, 3.63) is 59.7 Å². The highest BCUT2D eigenvalue weighted by Gasteiger charge is 2.26. The Kier molecular flexibility index (Phi) is 3.91. The lowest BCUT2D eigenvalue weighted by Gasteiger charge is -2.25. The number of aryl methyl sites for hydroxylation is 1. The first-order chi connectivity index (χ1) is 10.3. The zero-order valence-electron chi connectivity index (χ0n) is 12.1. The molecule has 0 bridgehead atoms. The lowest BCUT2D eigenvalue weighted by molar-refractivity contribution is -0.117. The summed E-state index contributed by atoms with van der Waals surface area (Å²) in [5.74, 6) is 0.668. The van der Waals surface area contributed by atoms with Crippen molar-refractivity contribution in [2.45, 2.75) is 25.2 Å². The quantitative estimate of drug-likeness (QED) is 0.930. The number of carbonyl (C=O) groups is 1. The van der Waals surface area contributed by atoms with E-state index in [1.807, 2.05) is 36.4 Å². The third kappa shape index (κ3) is 2.77. The maximum atomic E-state index is 12.6. The number of methoxy groups -OCH3 is 1. The van der Waals surface area contributed by atoms with Gasteiger partial charge in [0.05, 0.1) is 18.7 Å². The van der Waals surface area contributed by atoms with Crippen molar-refractivity contribution in [2.24, 2.45) is 0 Å². The van der Waals surface area contributed by atoms with Crippen LogP contribution >= 0.6 is 0 Å². The maximum Gasteiger partial charge on any atom is 0.232 e. The van der Waals surface area contributed by atoms with Gasteiger partial charge < -0.3 is 10.1 Å². The van der Waals surface area contributed by atoms with E-state index in [9.17, 15) is 4.79 Å². The molecule has 3 heteroatoms. The molecule has 1 amide bonds. The Bertz CT molecular complexity index is 651. The molecule has 108 valence electrons. The van der Waals surface area contributed by atoms with Gasteiger partial charge in [-0.25, -0.2) is 0 Å². The van der Waals surface area contributed by atoms with E-state index in [1.165, 1.54) is 5.56 Å². The third-order valence-electron chi connectivity index (χ3n) is 4.05. The van der Waals surface area contributed by atoms with Gasteiger partial charge in [-0.05, 0) is 42.5 Å². The zero-order chi connectivity index (χ0) is 14.7. The summed E-state index contributed by atoms with van der Waals surface area (Å²) < 4.78 is 5.29. The number of rotatable bonds is 3. The number of carbonyl (C=O) groups excluding carboxylic acids is 1. The van der Waals surface area contributed by atoms with E-state index in [4.69, 9.17) is 4.74 Å². The molecule has 2 aromatic rings. The summed E-state index contributed by atoms with van der Waals surface area (Å²) in [4.78, 5) is 12.6. The van der Waals surface area contributed by atoms with Crippen molar-refractivity contribution >= 4 is 11.6 Å². The van der Waals surface area contributed by atoms with Crippen LogP contribution in [0.3, 0.4) is 0 Å². The number of amides is 1. The van der Waals surface area contributed by atoms with Crippen LogP contribution in [0.25, 0.3) is 0 Å². The Morgan fingerprint density at radius 1 is 1.14 bits per heavy atom. The minimum atomic E-state index is -0.0696. The highest BCUT2D eigenvalue weighted by atomic mass is 16.5. The molecular weight excluding hydrogens is 262 g/mol. The van der Waals surface area contributed by atoms with E-state index < -0.39 is 0 Å². The van der Waals surface area contributed by atoms with Gasteiger partial charge in [0.1, 0.15) is 5.75 Å². The number of hydrogen-bond acceptors (Lipinski definition) is 2. The van der Waals surface area contributed by atoms with E-state index in [1.54, 1.807) is 7.11 Å². The predicted octanol–water partition coefficient (Wildman–Crippen LogP) is 3.75. The summed E-state index contributed by atoms with van der Waals surface area (Å²) >= 11 is 0. The fraction of sp³-hybridized carbons (Fsp3) is 0.278. The second-order valence-corrected chi connectivity index (χ2v) is 5.33. The fourth-order valence-electron chi connectivity index (χ4n) is 2.99. The monoisotopic (exact) mass is 281 g/mol. The molecule has 0 aromatic heterocycles.